The first kappa shape index (κ1) is 18.1. The molecular weight excluding hydrogens is 340 g/mol. The normalized spacial score (nSPS) is 10.1. The van der Waals surface area contributed by atoms with Crippen LogP contribution in [0.15, 0.2) is 72.9 Å². The molecule has 0 fully saturated rings. The van der Waals surface area contributed by atoms with Gasteiger partial charge in [0.05, 0.1) is 0 Å². The Bertz CT molecular complexity index is 957. The topological polar surface area (TPSA) is 74.3 Å². The molecule has 0 radical (unpaired) electrons. The molecule has 0 bridgehead atoms. The molecule has 0 atom stereocenters. The highest BCUT2D eigenvalue weighted by molar-refractivity contribution is 6.05. The van der Waals surface area contributed by atoms with Crippen LogP contribution >= 0.6 is 0 Å². The molecule has 2 N–H and O–H groups in total. The minimum absolute atomic E-state index is 0.166. The summed E-state index contributed by atoms with van der Waals surface area (Å²) in [4.78, 5) is 30.1. The number of carbonyl (C=O) groups is 2. The first-order valence-electron chi connectivity index (χ1n) is 8.47. The molecule has 3 aromatic rings. The predicted molar refractivity (Wildman–Crippen MR) is 107 cm³/mol. The maximum Gasteiger partial charge on any atom is 0.255 e. The Morgan fingerprint density at radius 1 is 0.889 bits per heavy atom. The molecule has 3 rings (SSSR count). The number of hydrogen-bond donors (Lipinski definition) is 2. The SMILES string of the molecule is CC(=O)Nc1cccc(NC(=O)c2ccnc(N(C)c3ccccc3)c2)c1. The number of aromatic nitrogens is 1. The van der Waals surface area contributed by atoms with Crippen molar-refractivity contribution in [1.29, 1.82) is 0 Å². The zero-order valence-electron chi connectivity index (χ0n) is 15.1. The van der Waals surface area contributed by atoms with Crippen LogP contribution in [0.25, 0.3) is 0 Å². The summed E-state index contributed by atoms with van der Waals surface area (Å²) in [6, 6.07) is 20.2. The van der Waals surface area contributed by atoms with Crippen LogP contribution in [0.4, 0.5) is 22.9 Å². The van der Waals surface area contributed by atoms with Gasteiger partial charge in [-0.3, -0.25) is 9.59 Å². The van der Waals surface area contributed by atoms with Crippen molar-refractivity contribution in [2.45, 2.75) is 6.92 Å². The fourth-order valence-electron chi connectivity index (χ4n) is 2.61. The van der Waals surface area contributed by atoms with Crippen molar-refractivity contribution in [1.82, 2.24) is 4.98 Å². The maximum atomic E-state index is 12.6. The Labute approximate surface area is 157 Å². The number of nitrogens with zero attached hydrogens (tertiary/aromatic N) is 2. The third-order valence-electron chi connectivity index (χ3n) is 3.94. The summed E-state index contributed by atoms with van der Waals surface area (Å²) in [7, 11) is 1.90. The van der Waals surface area contributed by atoms with Crippen molar-refractivity contribution < 1.29 is 9.59 Å². The van der Waals surface area contributed by atoms with Gasteiger partial charge in [-0.2, -0.15) is 0 Å². The number of para-hydroxylation sites is 1. The number of benzene rings is 2. The van der Waals surface area contributed by atoms with Gasteiger partial charge in [-0.1, -0.05) is 24.3 Å². The summed E-state index contributed by atoms with van der Waals surface area (Å²) in [5.41, 5.74) is 2.69. The molecule has 0 spiro atoms. The molecule has 1 aromatic heterocycles. The van der Waals surface area contributed by atoms with Gasteiger partial charge in [0.1, 0.15) is 5.82 Å². The lowest BCUT2D eigenvalue weighted by molar-refractivity contribution is -0.114. The summed E-state index contributed by atoms with van der Waals surface area (Å²) in [6.07, 6.45) is 1.61. The molecule has 2 aromatic carbocycles. The summed E-state index contributed by atoms with van der Waals surface area (Å²) in [6.45, 7) is 1.44. The van der Waals surface area contributed by atoms with E-state index in [-0.39, 0.29) is 11.8 Å². The molecule has 6 heteroatoms. The van der Waals surface area contributed by atoms with Crippen LogP contribution < -0.4 is 15.5 Å². The molecule has 1 heterocycles. The van der Waals surface area contributed by atoms with Crippen LogP contribution in [-0.4, -0.2) is 23.8 Å². The molecule has 27 heavy (non-hydrogen) atoms. The van der Waals surface area contributed by atoms with E-state index in [1.54, 1.807) is 42.6 Å². The van der Waals surface area contributed by atoms with Crippen molar-refractivity contribution in [2.24, 2.45) is 0 Å². The van der Waals surface area contributed by atoms with E-state index in [9.17, 15) is 9.59 Å². The van der Waals surface area contributed by atoms with E-state index in [1.165, 1.54) is 6.92 Å². The number of rotatable bonds is 5. The molecule has 0 aliphatic heterocycles. The van der Waals surface area contributed by atoms with E-state index in [0.717, 1.165) is 5.69 Å². The number of carbonyl (C=O) groups excluding carboxylic acids is 2. The Kier molecular flexibility index (Phi) is 5.47. The average Bonchev–Trinajstić information content (AvgIpc) is 2.68. The monoisotopic (exact) mass is 360 g/mol. The maximum absolute atomic E-state index is 12.6. The Morgan fingerprint density at radius 2 is 1.59 bits per heavy atom. The Morgan fingerprint density at radius 3 is 2.30 bits per heavy atom. The molecule has 136 valence electrons. The first-order valence-corrected chi connectivity index (χ1v) is 8.47. The van der Waals surface area contributed by atoms with Crippen LogP contribution in [0.3, 0.4) is 0 Å². The third kappa shape index (κ3) is 4.70. The largest absolute Gasteiger partial charge is 0.329 e. The number of nitrogens with one attached hydrogen (secondary N) is 2. The van der Waals surface area contributed by atoms with Gasteiger partial charge in [0.15, 0.2) is 0 Å². The molecule has 0 aliphatic carbocycles. The van der Waals surface area contributed by atoms with Gasteiger partial charge < -0.3 is 15.5 Å². The molecule has 0 unspecified atom stereocenters. The lowest BCUT2D eigenvalue weighted by Crippen LogP contribution is -2.15. The second kappa shape index (κ2) is 8.14. The second-order valence-corrected chi connectivity index (χ2v) is 6.01. The van der Waals surface area contributed by atoms with Gasteiger partial charge in [0.25, 0.3) is 5.91 Å². The van der Waals surface area contributed by atoms with Gasteiger partial charge in [0, 0.05) is 42.8 Å². The first-order chi connectivity index (χ1) is 13.0. The minimum Gasteiger partial charge on any atom is -0.329 e. The molecule has 0 saturated carbocycles. The highest BCUT2D eigenvalue weighted by atomic mass is 16.2. The average molecular weight is 360 g/mol. The second-order valence-electron chi connectivity index (χ2n) is 6.01. The predicted octanol–water partition coefficient (Wildman–Crippen LogP) is 4.06. The molecule has 2 amide bonds. The molecule has 0 saturated heterocycles. The summed E-state index contributed by atoms with van der Waals surface area (Å²) in [5.74, 6) is 0.252. The Balaban J connectivity index is 1.77. The van der Waals surface area contributed by atoms with E-state index < -0.39 is 0 Å². The van der Waals surface area contributed by atoms with Gasteiger partial charge in [-0.25, -0.2) is 4.98 Å². The highest BCUT2D eigenvalue weighted by Crippen LogP contribution is 2.22. The van der Waals surface area contributed by atoms with E-state index in [2.05, 4.69) is 15.6 Å². The number of amides is 2. The molecular formula is C21H20N4O2. The van der Waals surface area contributed by atoms with Gasteiger partial charge in [-0.05, 0) is 42.5 Å². The van der Waals surface area contributed by atoms with Crippen molar-refractivity contribution in [3.63, 3.8) is 0 Å². The van der Waals surface area contributed by atoms with Crippen molar-refractivity contribution >= 4 is 34.7 Å². The summed E-state index contributed by atoms with van der Waals surface area (Å²) >= 11 is 0. The Hall–Kier alpha value is -3.67. The quantitative estimate of drug-likeness (QED) is 0.719. The summed E-state index contributed by atoms with van der Waals surface area (Å²) < 4.78 is 0. The number of pyridine rings is 1. The zero-order chi connectivity index (χ0) is 19.2. The van der Waals surface area contributed by atoms with Crippen molar-refractivity contribution in [3.8, 4) is 0 Å². The van der Waals surface area contributed by atoms with Gasteiger partial charge in [-0.15, -0.1) is 0 Å². The van der Waals surface area contributed by atoms with Crippen LogP contribution in [0.1, 0.15) is 17.3 Å². The van der Waals surface area contributed by atoms with Gasteiger partial charge >= 0.3 is 0 Å². The van der Waals surface area contributed by atoms with Gasteiger partial charge in [0.2, 0.25) is 5.91 Å². The highest BCUT2D eigenvalue weighted by Gasteiger charge is 2.11. The number of anilines is 4. The van der Waals surface area contributed by atoms with E-state index in [4.69, 9.17) is 0 Å². The molecule has 6 nitrogen and oxygen atoms in total. The van der Waals surface area contributed by atoms with E-state index in [0.29, 0.717) is 22.8 Å². The van der Waals surface area contributed by atoms with Crippen LogP contribution in [-0.2, 0) is 4.79 Å². The lowest BCUT2D eigenvalue weighted by atomic mass is 10.2. The number of hydrogen-bond acceptors (Lipinski definition) is 4. The fraction of sp³-hybridized carbons (Fsp3) is 0.0952. The van der Waals surface area contributed by atoms with Crippen LogP contribution in [0, 0.1) is 0 Å². The lowest BCUT2D eigenvalue weighted by Gasteiger charge is -2.18. The van der Waals surface area contributed by atoms with E-state index in [1.807, 2.05) is 42.3 Å². The van der Waals surface area contributed by atoms with Crippen LogP contribution in [0.5, 0.6) is 0 Å². The fourth-order valence-corrected chi connectivity index (χ4v) is 2.61. The van der Waals surface area contributed by atoms with Crippen LogP contribution in [0.2, 0.25) is 0 Å². The zero-order valence-corrected chi connectivity index (χ0v) is 15.1. The summed E-state index contributed by atoms with van der Waals surface area (Å²) in [5, 5.41) is 5.53. The van der Waals surface area contributed by atoms with Crippen molar-refractivity contribution in [2.75, 3.05) is 22.6 Å². The van der Waals surface area contributed by atoms with E-state index >= 15 is 0 Å². The van der Waals surface area contributed by atoms with Crippen molar-refractivity contribution in [3.05, 3.63) is 78.5 Å². The minimum atomic E-state index is -0.250. The molecule has 0 aliphatic rings. The standard InChI is InChI=1S/C21H20N4O2/c1-15(26)23-17-7-6-8-18(14-17)24-21(27)16-11-12-22-20(13-16)25(2)19-9-4-3-5-10-19/h3-14H,1-2H3,(H,23,26)(H,24,27). The smallest absolute Gasteiger partial charge is 0.255 e. The third-order valence-corrected chi connectivity index (χ3v) is 3.94.